The first-order chi connectivity index (χ1) is 9.40. The number of nitrogens with one attached hydrogen (secondary N) is 1. The van der Waals surface area contributed by atoms with Gasteiger partial charge in [0.1, 0.15) is 11.9 Å². The molecule has 0 radical (unpaired) electrons. The van der Waals surface area contributed by atoms with Gasteiger partial charge in [-0.15, -0.1) is 37.2 Å². The highest BCUT2D eigenvalue weighted by Crippen LogP contribution is 2.39. The first kappa shape index (κ1) is 19.8. The van der Waals surface area contributed by atoms with E-state index < -0.39 is 0 Å². The van der Waals surface area contributed by atoms with Crippen LogP contribution in [0.5, 0.6) is 5.75 Å². The second-order valence-electron chi connectivity index (χ2n) is 6.04. The van der Waals surface area contributed by atoms with Crippen LogP contribution >= 0.6 is 37.2 Å². The molecule has 0 aromatic carbocycles. The van der Waals surface area contributed by atoms with Crippen LogP contribution in [0, 0.1) is 0 Å². The summed E-state index contributed by atoms with van der Waals surface area (Å²) in [5.74, 6) is 0.971. The predicted octanol–water partition coefficient (Wildman–Crippen LogP) is 2.69. The molecule has 0 aliphatic carbocycles. The van der Waals surface area contributed by atoms with Crippen LogP contribution in [0.15, 0.2) is 24.5 Å². The van der Waals surface area contributed by atoms with Crippen LogP contribution in [-0.2, 0) is 0 Å². The van der Waals surface area contributed by atoms with Gasteiger partial charge in [0.2, 0.25) is 0 Å². The highest BCUT2D eigenvalue weighted by atomic mass is 35.5. The van der Waals surface area contributed by atoms with E-state index in [0.29, 0.717) is 6.10 Å². The van der Waals surface area contributed by atoms with Crippen molar-refractivity contribution in [3.8, 4) is 5.75 Å². The summed E-state index contributed by atoms with van der Waals surface area (Å²) in [5, 5.41) is 3.40. The van der Waals surface area contributed by atoms with Gasteiger partial charge in [0.25, 0.3) is 0 Å². The van der Waals surface area contributed by atoms with Crippen molar-refractivity contribution >= 4 is 37.2 Å². The lowest BCUT2D eigenvalue weighted by Gasteiger charge is -2.47. The van der Waals surface area contributed by atoms with E-state index in [1.807, 2.05) is 12.1 Å². The molecule has 0 saturated carbocycles. The number of piperidine rings is 1. The van der Waals surface area contributed by atoms with Gasteiger partial charge in [0.05, 0.1) is 0 Å². The van der Waals surface area contributed by atoms with Crippen LogP contribution < -0.4 is 10.1 Å². The van der Waals surface area contributed by atoms with Gasteiger partial charge in [0.15, 0.2) is 0 Å². The third-order valence-electron chi connectivity index (χ3n) is 4.88. The van der Waals surface area contributed by atoms with Crippen LogP contribution in [0.4, 0.5) is 0 Å². The second kappa shape index (κ2) is 8.55. The average molecular weight is 369 g/mol. The van der Waals surface area contributed by atoms with Gasteiger partial charge in [-0.2, -0.15) is 0 Å². The molecular weight excluding hydrogens is 345 g/mol. The van der Waals surface area contributed by atoms with E-state index in [1.165, 1.54) is 38.8 Å². The molecule has 4 heterocycles. The first-order valence-corrected chi connectivity index (χ1v) is 7.45. The molecule has 3 atom stereocenters. The SMILES string of the molecule is Cl.Cl.Cl.c1cc(O[C@@H]2C[C@H]3CC[C@@H](C2)N3C2CNC2)ccn1. The summed E-state index contributed by atoms with van der Waals surface area (Å²) in [6, 6.07) is 6.21. The lowest BCUT2D eigenvalue weighted by molar-refractivity contribution is 0.00607. The molecule has 4 rings (SSSR count). The number of aromatic nitrogens is 1. The van der Waals surface area contributed by atoms with Gasteiger partial charge < -0.3 is 10.1 Å². The molecule has 4 nitrogen and oxygen atoms in total. The number of hydrogen-bond donors (Lipinski definition) is 1. The zero-order chi connectivity index (χ0) is 12.7. The summed E-state index contributed by atoms with van der Waals surface area (Å²) in [7, 11) is 0. The Hall–Kier alpha value is -0.260. The Balaban J connectivity index is 0.000000807. The molecule has 0 spiro atoms. The van der Waals surface area contributed by atoms with Crippen molar-refractivity contribution in [3.05, 3.63) is 24.5 Å². The highest BCUT2D eigenvalue weighted by Gasteiger charge is 2.45. The van der Waals surface area contributed by atoms with E-state index in [-0.39, 0.29) is 37.2 Å². The summed E-state index contributed by atoms with van der Waals surface area (Å²) in [6.07, 6.45) is 9.10. The molecule has 3 aliphatic heterocycles. The fraction of sp³-hybridized carbons (Fsp3) is 0.667. The third-order valence-corrected chi connectivity index (χ3v) is 4.88. The van der Waals surface area contributed by atoms with Crippen molar-refractivity contribution < 1.29 is 4.74 Å². The fourth-order valence-electron chi connectivity index (χ4n) is 3.95. The number of fused-ring (bicyclic) bond motifs is 2. The van der Waals surface area contributed by atoms with Crippen LogP contribution in [0.1, 0.15) is 25.7 Å². The normalized spacial score (nSPS) is 30.3. The molecule has 1 N–H and O–H groups in total. The van der Waals surface area contributed by atoms with E-state index in [1.54, 1.807) is 12.4 Å². The van der Waals surface area contributed by atoms with Gasteiger partial charge in [-0.05, 0) is 37.8 Å². The Morgan fingerprint density at radius 1 is 0.955 bits per heavy atom. The maximum Gasteiger partial charge on any atom is 0.122 e. The predicted molar refractivity (Wildman–Crippen MR) is 94.9 cm³/mol. The lowest BCUT2D eigenvalue weighted by Crippen LogP contribution is -2.62. The Morgan fingerprint density at radius 2 is 1.55 bits per heavy atom. The fourth-order valence-corrected chi connectivity index (χ4v) is 3.95. The summed E-state index contributed by atoms with van der Waals surface area (Å²) in [5.41, 5.74) is 0. The van der Waals surface area contributed by atoms with E-state index in [2.05, 4.69) is 15.2 Å². The molecule has 7 heteroatoms. The maximum absolute atomic E-state index is 6.13. The summed E-state index contributed by atoms with van der Waals surface area (Å²) in [6.45, 7) is 2.37. The lowest BCUT2D eigenvalue weighted by atomic mass is 9.95. The van der Waals surface area contributed by atoms with Crippen molar-refractivity contribution in [3.63, 3.8) is 0 Å². The molecule has 3 fully saturated rings. The van der Waals surface area contributed by atoms with Crippen molar-refractivity contribution in [2.45, 2.75) is 49.9 Å². The first-order valence-electron chi connectivity index (χ1n) is 7.45. The molecular formula is C15H24Cl3N3O. The summed E-state index contributed by atoms with van der Waals surface area (Å²) >= 11 is 0. The molecule has 3 aliphatic rings. The van der Waals surface area contributed by atoms with Crippen molar-refractivity contribution in [1.29, 1.82) is 0 Å². The number of halogens is 3. The molecule has 0 unspecified atom stereocenters. The third kappa shape index (κ3) is 3.80. The Morgan fingerprint density at radius 3 is 2.05 bits per heavy atom. The van der Waals surface area contributed by atoms with Crippen molar-refractivity contribution in [2.75, 3.05) is 13.1 Å². The topological polar surface area (TPSA) is 37.4 Å². The molecule has 0 amide bonds. The second-order valence-corrected chi connectivity index (χ2v) is 6.04. The zero-order valence-corrected chi connectivity index (χ0v) is 14.8. The molecule has 22 heavy (non-hydrogen) atoms. The molecule has 126 valence electrons. The Kier molecular flexibility index (Phi) is 7.69. The van der Waals surface area contributed by atoms with E-state index in [9.17, 15) is 0 Å². The van der Waals surface area contributed by atoms with Crippen molar-refractivity contribution in [2.24, 2.45) is 0 Å². The Bertz CT molecular complexity index is 433. The van der Waals surface area contributed by atoms with E-state index in [0.717, 1.165) is 23.9 Å². The largest absolute Gasteiger partial charge is 0.490 e. The number of rotatable bonds is 3. The van der Waals surface area contributed by atoms with E-state index >= 15 is 0 Å². The van der Waals surface area contributed by atoms with Crippen LogP contribution in [0.2, 0.25) is 0 Å². The van der Waals surface area contributed by atoms with E-state index in [4.69, 9.17) is 4.74 Å². The van der Waals surface area contributed by atoms with Gasteiger partial charge in [-0.1, -0.05) is 0 Å². The molecule has 1 aromatic rings. The van der Waals surface area contributed by atoms with Gasteiger partial charge in [0, 0.05) is 43.6 Å². The minimum atomic E-state index is 0. The Labute approximate surface area is 150 Å². The zero-order valence-electron chi connectivity index (χ0n) is 12.4. The minimum absolute atomic E-state index is 0. The van der Waals surface area contributed by atoms with Crippen LogP contribution in [0.3, 0.4) is 0 Å². The van der Waals surface area contributed by atoms with Crippen molar-refractivity contribution in [1.82, 2.24) is 15.2 Å². The monoisotopic (exact) mass is 367 g/mol. The average Bonchev–Trinajstić information content (AvgIpc) is 2.62. The minimum Gasteiger partial charge on any atom is -0.490 e. The number of hydrogen-bond acceptors (Lipinski definition) is 4. The van der Waals surface area contributed by atoms with Crippen LogP contribution in [0.25, 0.3) is 0 Å². The van der Waals surface area contributed by atoms with Gasteiger partial charge in [-0.25, -0.2) is 0 Å². The number of pyridine rings is 1. The van der Waals surface area contributed by atoms with Gasteiger partial charge in [-0.3, -0.25) is 9.88 Å². The molecule has 1 aromatic heterocycles. The number of nitrogens with zero attached hydrogens (tertiary/aromatic N) is 2. The summed E-state index contributed by atoms with van der Waals surface area (Å²) < 4.78 is 6.13. The van der Waals surface area contributed by atoms with Gasteiger partial charge >= 0.3 is 0 Å². The quantitative estimate of drug-likeness (QED) is 0.890. The smallest absolute Gasteiger partial charge is 0.122 e. The van der Waals surface area contributed by atoms with Crippen LogP contribution in [-0.4, -0.2) is 47.2 Å². The number of ether oxygens (including phenoxy) is 1. The molecule has 2 bridgehead atoms. The molecule has 3 saturated heterocycles. The highest BCUT2D eigenvalue weighted by molar-refractivity contribution is 5.86. The standard InChI is InChI=1S/C15H21N3O.3ClH/c1-2-12-8-15(19-14-3-5-16-6-4-14)7-11(1)18(12)13-9-17-10-13;;;/h3-6,11-13,15,17H,1-2,7-10H2;3*1H/t11-,12+,15-;;;. The summed E-state index contributed by atoms with van der Waals surface area (Å²) in [4.78, 5) is 6.82. The maximum atomic E-state index is 6.13.